The maximum atomic E-state index is 12.1. The van der Waals surface area contributed by atoms with E-state index in [1.165, 1.54) is 26.5 Å². The van der Waals surface area contributed by atoms with Crippen LogP contribution in [-0.4, -0.2) is 30.1 Å². The van der Waals surface area contributed by atoms with E-state index in [2.05, 4.69) is 15.3 Å². The van der Waals surface area contributed by atoms with Crippen molar-refractivity contribution in [3.05, 3.63) is 30.1 Å². The van der Waals surface area contributed by atoms with E-state index in [0.29, 0.717) is 17.4 Å². The number of imidazole rings is 1. The molecule has 7 heteroatoms. The van der Waals surface area contributed by atoms with Gasteiger partial charge in [-0.1, -0.05) is 0 Å². The smallest absolute Gasteiger partial charge is 0.260 e. The van der Waals surface area contributed by atoms with Gasteiger partial charge in [-0.25, -0.2) is 4.98 Å². The highest BCUT2D eigenvalue weighted by Crippen LogP contribution is 2.31. The van der Waals surface area contributed by atoms with Crippen LogP contribution in [0.2, 0.25) is 0 Å². The SMILES string of the molecule is COc1cc(OC)c(N)c(C(=O)Nc2ncc[nH]2)c1. The zero-order valence-electron chi connectivity index (χ0n) is 10.6. The van der Waals surface area contributed by atoms with Crippen LogP contribution in [0.25, 0.3) is 0 Å². The molecule has 2 aromatic rings. The number of anilines is 2. The molecular weight excluding hydrogens is 248 g/mol. The first-order chi connectivity index (χ1) is 9.15. The molecule has 19 heavy (non-hydrogen) atoms. The first kappa shape index (κ1) is 12.7. The van der Waals surface area contributed by atoms with E-state index in [9.17, 15) is 4.79 Å². The third-order valence-electron chi connectivity index (χ3n) is 2.55. The number of rotatable bonds is 4. The van der Waals surface area contributed by atoms with Crippen molar-refractivity contribution in [1.82, 2.24) is 9.97 Å². The normalized spacial score (nSPS) is 10.0. The van der Waals surface area contributed by atoms with Gasteiger partial charge in [-0.2, -0.15) is 0 Å². The van der Waals surface area contributed by atoms with Gasteiger partial charge in [0.1, 0.15) is 11.5 Å². The fourth-order valence-corrected chi connectivity index (χ4v) is 1.58. The summed E-state index contributed by atoms with van der Waals surface area (Å²) in [6, 6.07) is 3.15. The van der Waals surface area contributed by atoms with Crippen molar-refractivity contribution >= 4 is 17.5 Å². The maximum absolute atomic E-state index is 12.1. The highest BCUT2D eigenvalue weighted by molar-refractivity contribution is 6.08. The Morgan fingerprint density at radius 1 is 1.37 bits per heavy atom. The zero-order chi connectivity index (χ0) is 13.8. The lowest BCUT2D eigenvalue weighted by Crippen LogP contribution is -2.15. The molecule has 0 atom stereocenters. The summed E-state index contributed by atoms with van der Waals surface area (Å²) < 4.78 is 10.2. The first-order valence-electron chi connectivity index (χ1n) is 5.48. The second kappa shape index (κ2) is 5.30. The standard InChI is InChI=1S/C12H14N4O3/c1-18-7-5-8(10(13)9(6-7)19-2)11(17)16-12-14-3-4-15-12/h3-6H,13H2,1-2H3,(H2,14,15,16,17). The minimum absolute atomic E-state index is 0.243. The number of H-pyrrole nitrogens is 1. The van der Waals surface area contributed by atoms with Gasteiger partial charge in [-0.15, -0.1) is 0 Å². The number of amides is 1. The Labute approximate surface area is 109 Å². The molecule has 0 saturated heterocycles. The molecule has 1 aromatic heterocycles. The monoisotopic (exact) mass is 262 g/mol. The summed E-state index contributed by atoms with van der Waals surface area (Å²) in [7, 11) is 2.97. The van der Waals surface area contributed by atoms with Gasteiger partial charge in [0.05, 0.1) is 25.5 Å². The number of hydrogen-bond acceptors (Lipinski definition) is 5. The van der Waals surface area contributed by atoms with Crippen molar-refractivity contribution in [2.45, 2.75) is 0 Å². The van der Waals surface area contributed by atoms with Crippen molar-refractivity contribution in [3.63, 3.8) is 0 Å². The third-order valence-corrected chi connectivity index (χ3v) is 2.55. The largest absolute Gasteiger partial charge is 0.497 e. The Morgan fingerprint density at radius 3 is 2.74 bits per heavy atom. The van der Waals surface area contributed by atoms with Crippen molar-refractivity contribution < 1.29 is 14.3 Å². The van der Waals surface area contributed by atoms with Gasteiger partial charge in [0, 0.05) is 18.5 Å². The first-order valence-corrected chi connectivity index (χ1v) is 5.48. The molecule has 0 saturated carbocycles. The molecule has 0 aliphatic heterocycles. The molecule has 2 rings (SSSR count). The molecule has 0 aliphatic rings. The summed E-state index contributed by atoms with van der Waals surface area (Å²) in [6.45, 7) is 0. The fourth-order valence-electron chi connectivity index (χ4n) is 1.58. The number of hydrogen-bond donors (Lipinski definition) is 3. The molecule has 1 heterocycles. The average molecular weight is 262 g/mol. The lowest BCUT2D eigenvalue weighted by molar-refractivity contribution is 0.102. The molecule has 7 nitrogen and oxygen atoms in total. The second-order valence-corrected chi connectivity index (χ2v) is 3.68. The number of carbonyl (C=O) groups is 1. The Kier molecular flexibility index (Phi) is 3.56. The second-order valence-electron chi connectivity index (χ2n) is 3.68. The van der Waals surface area contributed by atoms with E-state index in [4.69, 9.17) is 15.2 Å². The molecule has 0 unspecified atom stereocenters. The van der Waals surface area contributed by atoms with Crippen LogP contribution in [0.15, 0.2) is 24.5 Å². The topological polar surface area (TPSA) is 102 Å². The highest BCUT2D eigenvalue weighted by atomic mass is 16.5. The van der Waals surface area contributed by atoms with Crippen molar-refractivity contribution in [1.29, 1.82) is 0 Å². The van der Waals surface area contributed by atoms with Crippen LogP contribution in [0.4, 0.5) is 11.6 Å². The molecule has 100 valence electrons. The van der Waals surface area contributed by atoms with Gasteiger partial charge in [0.15, 0.2) is 0 Å². The molecule has 1 amide bonds. The number of benzene rings is 1. The number of aromatic amines is 1. The molecule has 0 radical (unpaired) electrons. The van der Waals surface area contributed by atoms with Crippen LogP contribution in [0.1, 0.15) is 10.4 Å². The van der Waals surface area contributed by atoms with Gasteiger partial charge < -0.3 is 20.2 Å². The van der Waals surface area contributed by atoms with Crippen LogP contribution < -0.4 is 20.5 Å². The predicted molar refractivity (Wildman–Crippen MR) is 70.5 cm³/mol. The van der Waals surface area contributed by atoms with Gasteiger partial charge in [-0.3, -0.25) is 10.1 Å². The number of nitrogens with one attached hydrogen (secondary N) is 2. The minimum Gasteiger partial charge on any atom is -0.497 e. The molecular formula is C12H14N4O3. The van der Waals surface area contributed by atoms with Gasteiger partial charge in [0.25, 0.3) is 5.91 Å². The van der Waals surface area contributed by atoms with Gasteiger partial charge in [-0.05, 0) is 6.07 Å². The summed E-state index contributed by atoms with van der Waals surface area (Å²) >= 11 is 0. The van der Waals surface area contributed by atoms with Crippen LogP contribution in [0, 0.1) is 0 Å². The number of aromatic nitrogens is 2. The lowest BCUT2D eigenvalue weighted by Gasteiger charge is -2.12. The highest BCUT2D eigenvalue weighted by Gasteiger charge is 2.16. The lowest BCUT2D eigenvalue weighted by atomic mass is 10.1. The zero-order valence-corrected chi connectivity index (χ0v) is 10.6. The van der Waals surface area contributed by atoms with Crippen molar-refractivity contribution in [2.24, 2.45) is 0 Å². The Bertz CT molecular complexity index is 581. The van der Waals surface area contributed by atoms with Crippen LogP contribution in [0.3, 0.4) is 0 Å². The Morgan fingerprint density at radius 2 is 2.16 bits per heavy atom. The fraction of sp³-hybridized carbons (Fsp3) is 0.167. The number of ether oxygens (including phenoxy) is 2. The molecule has 4 N–H and O–H groups in total. The van der Waals surface area contributed by atoms with E-state index in [1.807, 2.05) is 0 Å². The molecule has 0 bridgehead atoms. The third kappa shape index (κ3) is 2.59. The van der Waals surface area contributed by atoms with Crippen LogP contribution in [0.5, 0.6) is 11.5 Å². The number of methoxy groups -OCH3 is 2. The number of nitrogen functional groups attached to an aromatic ring is 1. The molecule has 0 spiro atoms. The number of nitrogens with two attached hydrogens (primary N) is 1. The van der Waals surface area contributed by atoms with Gasteiger partial charge in [0.2, 0.25) is 5.95 Å². The van der Waals surface area contributed by atoms with E-state index in [-0.39, 0.29) is 11.3 Å². The summed E-state index contributed by atoms with van der Waals surface area (Å²) in [6.07, 6.45) is 3.14. The number of nitrogens with zero attached hydrogens (tertiary/aromatic N) is 1. The van der Waals surface area contributed by atoms with E-state index < -0.39 is 5.91 Å². The minimum atomic E-state index is -0.398. The molecule has 1 aromatic carbocycles. The van der Waals surface area contributed by atoms with E-state index in [1.54, 1.807) is 12.3 Å². The Hall–Kier alpha value is -2.70. The maximum Gasteiger partial charge on any atom is 0.260 e. The average Bonchev–Trinajstić information content (AvgIpc) is 2.91. The molecule has 0 aliphatic carbocycles. The number of carbonyl (C=O) groups excluding carboxylic acids is 1. The summed E-state index contributed by atoms with van der Waals surface area (Å²) in [4.78, 5) is 18.8. The van der Waals surface area contributed by atoms with Crippen LogP contribution >= 0.6 is 0 Å². The summed E-state index contributed by atoms with van der Waals surface area (Å²) in [5, 5.41) is 2.58. The van der Waals surface area contributed by atoms with Gasteiger partial charge >= 0.3 is 0 Å². The van der Waals surface area contributed by atoms with Crippen molar-refractivity contribution in [2.75, 3.05) is 25.3 Å². The summed E-state index contributed by atoms with van der Waals surface area (Å²) in [5.41, 5.74) is 6.38. The van der Waals surface area contributed by atoms with Crippen LogP contribution in [-0.2, 0) is 0 Å². The van der Waals surface area contributed by atoms with E-state index in [0.717, 1.165) is 0 Å². The Balaban J connectivity index is 2.35. The van der Waals surface area contributed by atoms with E-state index >= 15 is 0 Å². The predicted octanol–water partition coefficient (Wildman–Crippen LogP) is 1.26. The molecule has 0 fully saturated rings. The van der Waals surface area contributed by atoms with Crippen molar-refractivity contribution in [3.8, 4) is 11.5 Å². The summed E-state index contributed by atoms with van der Waals surface area (Å²) in [5.74, 6) is 0.801. The quantitative estimate of drug-likeness (QED) is 0.720.